The Kier molecular flexibility index (Phi) is 4.16. The molecule has 0 radical (unpaired) electrons. The maximum absolute atomic E-state index is 5.88. The number of nitrogens with two attached hydrogens (primary N) is 1. The molecule has 0 amide bonds. The van der Waals surface area contributed by atoms with Crippen molar-refractivity contribution in [2.75, 3.05) is 19.7 Å². The Bertz CT molecular complexity index is 150. The summed E-state index contributed by atoms with van der Waals surface area (Å²) >= 11 is 0. The van der Waals surface area contributed by atoms with Gasteiger partial charge in [-0.3, -0.25) is 4.90 Å². The van der Waals surface area contributed by atoms with Crippen LogP contribution in [0.25, 0.3) is 0 Å². The quantitative estimate of drug-likeness (QED) is 0.694. The first-order chi connectivity index (χ1) is 6.11. The third-order valence-electron chi connectivity index (χ3n) is 2.82. The van der Waals surface area contributed by atoms with Gasteiger partial charge in [0.25, 0.3) is 0 Å². The van der Waals surface area contributed by atoms with Gasteiger partial charge in [0.05, 0.1) is 6.10 Å². The fraction of sp³-hybridized carbons (Fsp3) is 1.00. The van der Waals surface area contributed by atoms with E-state index in [0.29, 0.717) is 12.1 Å². The second-order valence-electron chi connectivity index (χ2n) is 4.13. The predicted molar refractivity (Wildman–Crippen MR) is 54.7 cm³/mol. The zero-order chi connectivity index (χ0) is 9.84. The standard InChI is InChI=1S/C10H22N2O/c1-8-7-12(5-4-6-13-8)10(3)9(2)11/h8-10H,4-7,11H2,1-3H3. The molecule has 3 unspecified atom stereocenters. The predicted octanol–water partition coefficient (Wildman–Crippen LogP) is 0.833. The fourth-order valence-electron chi connectivity index (χ4n) is 1.73. The van der Waals surface area contributed by atoms with Crippen molar-refractivity contribution >= 4 is 0 Å². The van der Waals surface area contributed by atoms with E-state index in [2.05, 4.69) is 25.7 Å². The van der Waals surface area contributed by atoms with Crippen molar-refractivity contribution in [3.05, 3.63) is 0 Å². The van der Waals surface area contributed by atoms with Gasteiger partial charge in [-0.1, -0.05) is 0 Å². The van der Waals surface area contributed by atoms with Gasteiger partial charge < -0.3 is 10.5 Å². The van der Waals surface area contributed by atoms with Crippen LogP contribution in [0.5, 0.6) is 0 Å². The van der Waals surface area contributed by atoms with Crippen LogP contribution >= 0.6 is 0 Å². The van der Waals surface area contributed by atoms with E-state index in [1.165, 1.54) is 0 Å². The smallest absolute Gasteiger partial charge is 0.0674 e. The highest BCUT2D eigenvalue weighted by Gasteiger charge is 2.21. The van der Waals surface area contributed by atoms with E-state index in [9.17, 15) is 0 Å². The Morgan fingerprint density at radius 2 is 2.15 bits per heavy atom. The molecule has 0 bridgehead atoms. The summed E-state index contributed by atoms with van der Waals surface area (Å²) in [5.41, 5.74) is 5.88. The van der Waals surface area contributed by atoms with Gasteiger partial charge in [-0.15, -0.1) is 0 Å². The van der Waals surface area contributed by atoms with Crippen LogP contribution in [0.2, 0.25) is 0 Å². The summed E-state index contributed by atoms with van der Waals surface area (Å²) in [7, 11) is 0. The van der Waals surface area contributed by atoms with Crippen LogP contribution in [0.4, 0.5) is 0 Å². The SMILES string of the molecule is CC1CN(C(C)C(C)N)CCCO1. The number of hydrogen-bond donors (Lipinski definition) is 1. The highest BCUT2D eigenvalue weighted by Crippen LogP contribution is 2.10. The summed E-state index contributed by atoms with van der Waals surface area (Å²) < 4.78 is 5.58. The lowest BCUT2D eigenvalue weighted by molar-refractivity contribution is 0.0603. The topological polar surface area (TPSA) is 38.5 Å². The van der Waals surface area contributed by atoms with Crippen molar-refractivity contribution < 1.29 is 4.74 Å². The molecule has 0 aromatic carbocycles. The van der Waals surface area contributed by atoms with Crippen LogP contribution < -0.4 is 5.73 Å². The second kappa shape index (κ2) is 4.94. The highest BCUT2D eigenvalue weighted by molar-refractivity contribution is 4.78. The van der Waals surface area contributed by atoms with Crippen molar-refractivity contribution in [2.24, 2.45) is 5.73 Å². The summed E-state index contributed by atoms with van der Waals surface area (Å²) in [6.45, 7) is 9.43. The second-order valence-corrected chi connectivity index (χ2v) is 4.13. The number of nitrogens with zero attached hydrogens (tertiary/aromatic N) is 1. The molecule has 1 heterocycles. The van der Waals surface area contributed by atoms with Gasteiger partial charge in [0.15, 0.2) is 0 Å². The van der Waals surface area contributed by atoms with E-state index < -0.39 is 0 Å². The number of hydrogen-bond acceptors (Lipinski definition) is 3. The zero-order valence-electron chi connectivity index (χ0n) is 8.99. The van der Waals surface area contributed by atoms with E-state index in [0.717, 1.165) is 26.1 Å². The molecule has 3 heteroatoms. The van der Waals surface area contributed by atoms with E-state index in [4.69, 9.17) is 10.5 Å². The number of rotatable bonds is 2. The summed E-state index contributed by atoms with van der Waals surface area (Å²) in [5, 5.41) is 0. The lowest BCUT2D eigenvalue weighted by Crippen LogP contribution is -2.46. The van der Waals surface area contributed by atoms with Gasteiger partial charge in [-0.25, -0.2) is 0 Å². The molecule has 2 N–H and O–H groups in total. The molecular weight excluding hydrogens is 164 g/mol. The van der Waals surface area contributed by atoms with Gasteiger partial charge in [0.1, 0.15) is 0 Å². The summed E-state index contributed by atoms with van der Waals surface area (Å²) in [6, 6.07) is 0.703. The summed E-state index contributed by atoms with van der Waals surface area (Å²) in [6.07, 6.45) is 1.48. The van der Waals surface area contributed by atoms with Crippen LogP contribution in [0.1, 0.15) is 27.2 Å². The average molecular weight is 186 g/mol. The van der Waals surface area contributed by atoms with Crippen LogP contribution in [0.3, 0.4) is 0 Å². The van der Waals surface area contributed by atoms with E-state index in [1.54, 1.807) is 0 Å². The van der Waals surface area contributed by atoms with Crippen molar-refractivity contribution in [1.82, 2.24) is 4.90 Å². The van der Waals surface area contributed by atoms with Crippen LogP contribution in [0.15, 0.2) is 0 Å². The maximum atomic E-state index is 5.88. The van der Waals surface area contributed by atoms with Crippen LogP contribution in [-0.4, -0.2) is 42.8 Å². The lowest BCUT2D eigenvalue weighted by atomic mass is 10.1. The van der Waals surface area contributed by atoms with Crippen molar-refractivity contribution in [2.45, 2.75) is 45.4 Å². The van der Waals surface area contributed by atoms with Gasteiger partial charge in [-0.05, 0) is 27.2 Å². The van der Waals surface area contributed by atoms with Crippen molar-refractivity contribution in [3.63, 3.8) is 0 Å². The molecule has 0 aromatic rings. The molecule has 78 valence electrons. The molecular formula is C10H22N2O. The molecule has 1 aliphatic heterocycles. The third kappa shape index (κ3) is 3.25. The Balaban J connectivity index is 2.47. The minimum Gasteiger partial charge on any atom is -0.377 e. The minimum absolute atomic E-state index is 0.241. The Morgan fingerprint density at radius 3 is 2.77 bits per heavy atom. The molecule has 1 fully saturated rings. The molecule has 13 heavy (non-hydrogen) atoms. The van der Waals surface area contributed by atoms with E-state index in [-0.39, 0.29) is 6.04 Å². The zero-order valence-corrected chi connectivity index (χ0v) is 8.99. The molecule has 0 saturated carbocycles. The van der Waals surface area contributed by atoms with Crippen LogP contribution in [-0.2, 0) is 4.74 Å². The summed E-state index contributed by atoms with van der Waals surface area (Å²) in [4.78, 5) is 2.43. The van der Waals surface area contributed by atoms with Gasteiger partial charge >= 0.3 is 0 Å². The van der Waals surface area contributed by atoms with E-state index >= 15 is 0 Å². The minimum atomic E-state index is 0.241. The number of ether oxygens (including phenoxy) is 1. The first-order valence-electron chi connectivity index (χ1n) is 5.22. The summed E-state index contributed by atoms with van der Waals surface area (Å²) in [5.74, 6) is 0. The third-order valence-corrected chi connectivity index (χ3v) is 2.82. The maximum Gasteiger partial charge on any atom is 0.0674 e. The Morgan fingerprint density at radius 1 is 1.46 bits per heavy atom. The fourth-order valence-corrected chi connectivity index (χ4v) is 1.73. The molecule has 0 spiro atoms. The highest BCUT2D eigenvalue weighted by atomic mass is 16.5. The Labute approximate surface area is 81.2 Å². The largest absolute Gasteiger partial charge is 0.377 e. The first-order valence-corrected chi connectivity index (χ1v) is 5.22. The Hall–Kier alpha value is -0.120. The average Bonchev–Trinajstić information content (AvgIpc) is 2.28. The molecule has 1 rings (SSSR count). The molecule has 0 aromatic heterocycles. The monoisotopic (exact) mass is 186 g/mol. The normalized spacial score (nSPS) is 30.9. The molecule has 1 aliphatic rings. The molecule has 3 nitrogen and oxygen atoms in total. The van der Waals surface area contributed by atoms with Crippen molar-refractivity contribution in [3.8, 4) is 0 Å². The lowest BCUT2D eigenvalue weighted by Gasteiger charge is -2.31. The molecule has 1 saturated heterocycles. The first kappa shape index (κ1) is 11.0. The van der Waals surface area contributed by atoms with Gasteiger partial charge in [-0.2, -0.15) is 0 Å². The molecule has 0 aliphatic carbocycles. The van der Waals surface area contributed by atoms with Crippen LogP contribution in [0, 0.1) is 0 Å². The molecule has 3 atom stereocenters. The van der Waals surface area contributed by atoms with Gasteiger partial charge in [0, 0.05) is 31.8 Å². The van der Waals surface area contributed by atoms with Gasteiger partial charge in [0.2, 0.25) is 0 Å². The van der Waals surface area contributed by atoms with Crippen molar-refractivity contribution in [1.29, 1.82) is 0 Å². The van der Waals surface area contributed by atoms with E-state index in [1.807, 2.05) is 0 Å².